The van der Waals surface area contributed by atoms with E-state index in [1.807, 2.05) is 0 Å². The van der Waals surface area contributed by atoms with Crippen molar-refractivity contribution in [3.05, 3.63) is 48.6 Å². The quantitative estimate of drug-likeness (QED) is 0.418. The molecule has 0 N–H and O–H groups in total. The molecule has 0 fully saturated rings. The Morgan fingerprint density at radius 1 is 0.250 bits per heavy atom. The van der Waals surface area contributed by atoms with Gasteiger partial charge in [0, 0.05) is 0 Å². The van der Waals surface area contributed by atoms with Crippen molar-refractivity contribution in [3.8, 4) is 0 Å². The molecule has 0 heteroatoms. The maximum atomic E-state index is 2.34. The number of hydrogen-bond donors (Lipinski definition) is 0. The van der Waals surface area contributed by atoms with Gasteiger partial charge in [0.15, 0.2) is 0 Å². The summed E-state index contributed by atoms with van der Waals surface area (Å²) in [6, 6.07) is 0. The molecule has 24 heavy (non-hydrogen) atoms. The van der Waals surface area contributed by atoms with Crippen LogP contribution in [0.15, 0.2) is 48.6 Å². The topological polar surface area (TPSA) is 0 Å². The van der Waals surface area contributed by atoms with E-state index in [1.165, 1.54) is 103 Å². The molecule has 0 saturated carbocycles. The Balaban J connectivity index is 2.18. The monoisotopic (exact) mass is 328 g/mol. The average molecular weight is 329 g/mol. The normalized spacial score (nSPS) is 26.7. The second kappa shape index (κ2) is 18.3. The van der Waals surface area contributed by atoms with Crippen LogP contribution in [-0.2, 0) is 0 Å². The number of allylic oxidation sites excluding steroid dienone is 8. The largest absolute Gasteiger partial charge is 0.0845 e. The van der Waals surface area contributed by atoms with Crippen LogP contribution < -0.4 is 0 Å². The highest BCUT2D eigenvalue weighted by molar-refractivity contribution is 5.02. The van der Waals surface area contributed by atoms with Crippen LogP contribution in [0.25, 0.3) is 0 Å². The van der Waals surface area contributed by atoms with Crippen molar-refractivity contribution in [3.63, 3.8) is 0 Å². The van der Waals surface area contributed by atoms with Gasteiger partial charge in [0.2, 0.25) is 0 Å². The molecule has 136 valence electrons. The predicted molar refractivity (Wildman–Crippen MR) is 110 cm³/mol. The Morgan fingerprint density at radius 2 is 0.458 bits per heavy atom. The van der Waals surface area contributed by atoms with Crippen molar-refractivity contribution in [2.75, 3.05) is 0 Å². The molecular weight excluding hydrogens is 288 g/mol. The Bertz CT molecular complexity index is 284. The molecule has 0 nitrogen and oxygen atoms in total. The zero-order chi connectivity index (χ0) is 17.0. The summed E-state index contributed by atoms with van der Waals surface area (Å²) >= 11 is 0. The standard InChI is InChI=1S/C24H40/c1-2-4-6-8-10-12-14-16-18-20-22-24-23-21-19-17-15-13-11-9-7-5-3-1/h1-4,21-24H,5-20H2/b3-1-,4-2-,23-21-,24-22-. The Kier molecular flexibility index (Phi) is 16.0. The lowest BCUT2D eigenvalue weighted by Crippen LogP contribution is -1.80. The molecule has 0 atom stereocenters. The van der Waals surface area contributed by atoms with Crippen molar-refractivity contribution in [1.82, 2.24) is 0 Å². The van der Waals surface area contributed by atoms with Crippen LogP contribution in [0, 0.1) is 0 Å². The first-order valence-electron chi connectivity index (χ1n) is 10.6. The molecule has 1 aliphatic carbocycles. The minimum Gasteiger partial charge on any atom is -0.0845 e. The van der Waals surface area contributed by atoms with Gasteiger partial charge >= 0.3 is 0 Å². The highest BCUT2D eigenvalue weighted by Crippen LogP contribution is 2.11. The Morgan fingerprint density at radius 3 is 0.708 bits per heavy atom. The lowest BCUT2D eigenvalue weighted by Gasteiger charge is -1.99. The van der Waals surface area contributed by atoms with Gasteiger partial charge in [-0.25, -0.2) is 0 Å². The highest BCUT2D eigenvalue weighted by Gasteiger charge is 1.91. The van der Waals surface area contributed by atoms with Crippen LogP contribution in [0.5, 0.6) is 0 Å². The molecule has 0 aromatic rings. The van der Waals surface area contributed by atoms with E-state index in [0.29, 0.717) is 0 Å². The van der Waals surface area contributed by atoms with Crippen LogP contribution >= 0.6 is 0 Å². The predicted octanol–water partition coefficient (Wildman–Crippen LogP) is 8.47. The first-order chi connectivity index (χ1) is 12.0. The summed E-state index contributed by atoms with van der Waals surface area (Å²) in [6.45, 7) is 0. The summed E-state index contributed by atoms with van der Waals surface area (Å²) < 4.78 is 0. The fourth-order valence-electron chi connectivity index (χ4n) is 3.16. The zero-order valence-electron chi connectivity index (χ0n) is 15.9. The SMILES string of the molecule is C1=C\CCCCCCCC/C=C\C=C/CCCCCCCC\C=C/1. The van der Waals surface area contributed by atoms with Gasteiger partial charge in [0.1, 0.15) is 0 Å². The summed E-state index contributed by atoms with van der Waals surface area (Å²) in [7, 11) is 0. The van der Waals surface area contributed by atoms with E-state index in [-0.39, 0.29) is 0 Å². The van der Waals surface area contributed by atoms with Gasteiger partial charge in [-0.3, -0.25) is 0 Å². The van der Waals surface area contributed by atoms with E-state index in [1.54, 1.807) is 0 Å². The van der Waals surface area contributed by atoms with Gasteiger partial charge in [-0.1, -0.05) is 100.0 Å². The number of rotatable bonds is 0. The Hall–Kier alpha value is -1.04. The summed E-state index contributed by atoms with van der Waals surface area (Å²) in [5.74, 6) is 0. The summed E-state index contributed by atoms with van der Waals surface area (Å²) in [6.07, 6.45) is 40.0. The smallest absolute Gasteiger partial charge is 0.0348 e. The van der Waals surface area contributed by atoms with Crippen LogP contribution in [0.1, 0.15) is 103 Å². The minimum absolute atomic E-state index is 1.25. The minimum atomic E-state index is 1.25. The van der Waals surface area contributed by atoms with Crippen molar-refractivity contribution in [2.24, 2.45) is 0 Å². The molecule has 0 aliphatic heterocycles. The van der Waals surface area contributed by atoms with E-state index in [4.69, 9.17) is 0 Å². The van der Waals surface area contributed by atoms with Gasteiger partial charge in [-0.15, -0.1) is 0 Å². The first kappa shape index (κ1) is 21.0. The third-order valence-electron chi connectivity index (χ3n) is 4.75. The Labute approximate surface area is 151 Å². The third kappa shape index (κ3) is 15.8. The molecule has 0 amide bonds. The fourth-order valence-corrected chi connectivity index (χ4v) is 3.16. The summed E-state index contributed by atoms with van der Waals surface area (Å²) in [4.78, 5) is 0. The molecule has 0 saturated heterocycles. The van der Waals surface area contributed by atoms with Gasteiger partial charge in [-0.2, -0.15) is 0 Å². The molecule has 0 heterocycles. The number of hydrogen-bond acceptors (Lipinski definition) is 0. The van der Waals surface area contributed by atoms with E-state index in [2.05, 4.69) is 48.6 Å². The molecule has 0 radical (unpaired) electrons. The highest BCUT2D eigenvalue weighted by atomic mass is 14.0. The third-order valence-corrected chi connectivity index (χ3v) is 4.75. The zero-order valence-corrected chi connectivity index (χ0v) is 15.9. The summed E-state index contributed by atoms with van der Waals surface area (Å²) in [5.41, 5.74) is 0. The van der Waals surface area contributed by atoms with Crippen LogP contribution in [0.2, 0.25) is 0 Å². The van der Waals surface area contributed by atoms with Gasteiger partial charge in [0.25, 0.3) is 0 Å². The van der Waals surface area contributed by atoms with Crippen molar-refractivity contribution in [2.45, 2.75) is 103 Å². The first-order valence-corrected chi connectivity index (χ1v) is 10.6. The van der Waals surface area contributed by atoms with Gasteiger partial charge in [0.05, 0.1) is 0 Å². The molecule has 0 unspecified atom stereocenters. The molecule has 0 aromatic heterocycles. The maximum Gasteiger partial charge on any atom is -0.0348 e. The molecule has 0 bridgehead atoms. The lowest BCUT2D eigenvalue weighted by atomic mass is 10.1. The van der Waals surface area contributed by atoms with Gasteiger partial charge in [-0.05, 0) is 51.4 Å². The van der Waals surface area contributed by atoms with Crippen molar-refractivity contribution < 1.29 is 0 Å². The van der Waals surface area contributed by atoms with E-state index < -0.39 is 0 Å². The molecule has 1 rings (SSSR count). The molecular formula is C24H40. The van der Waals surface area contributed by atoms with Crippen LogP contribution in [0.4, 0.5) is 0 Å². The van der Waals surface area contributed by atoms with E-state index >= 15 is 0 Å². The van der Waals surface area contributed by atoms with Gasteiger partial charge < -0.3 is 0 Å². The van der Waals surface area contributed by atoms with E-state index in [9.17, 15) is 0 Å². The maximum absolute atomic E-state index is 2.34. The average Bonchev–Trinajstić information content (AvgIpc) is 2.59. The molecule has 1 aliphatic rings. The van der Waals surface area contributed by atoms with Crippen molar-refractivity contribution in [1.29, 1.82) is 0 Å². The summed E-state index contributed by atoms with van der Waals surface area (Å²) in [5, 5.41) is 0. The molecule has 0 aromatic carbocycles. The van der Waals surface area contributed by atoms with Crippen LogP contribution in [-0.4, -0.2) is 0 Å². The lowest BCUT2D eigenvalue weighted by molar-refractivity contribution is 0.599. The second-order valence-corrected chi connectivity index (χ2v) is 7.11. The fraction of sp³-hybridized carbons (Fsp3) is 0.667. The van der Waals surface area contributed by atoms with Crippen LogP contribution in [0.3, 0.4) is 0 Å². The van der Waals surface area contributed by atoms with Crippen molar-refractivity contribution >= 4 is 0 Å². The molecule has 0 spiro atoms. The van der Waals surface area contributed by atoms with E-state index in [0.717, 1.165) is 0 Å². The second-order valence-electron chi connectivity index (χ2n) is 7.11.